The Hall–Kier alpha value is -0.533. The van der Waals surface area contributed by atoms with E-state index in [-0.39, 0.29) is 5.78 Å². The topological polar surface area (TPSA) is 54.0 Å². The van der Waals surface area contributed by atoms with E-state index >= 15 is 0 Å². The SMILES string of the molecule is C=C(C)C(=O)CCCOCCC[Si](OC)(OC)OC. The molecular formula is C13H26O5Si. The summed E-state index contributed by atoms with van der Waals surface area (Å²) in [6, 6.07) is 0.723. The highest BCUT2D eigenvalue weighted by molar-refractivity contribution is 6.60. The van der Waals surface area contributed by atoms with Gasteiger partial charge in [-0.2, -0.15) is 0 Å². The Labute approximate surface area is 117 Å². The number of rotatable bonds is 12. The molecule has 0 aliphatic rings. The minimum absolute atomic E-state index is 0.105. The fourth-order valence-corrected chi connectivity index (χ4v) is 3.29. The normalized spacial score (nSPS) is 11.6. The lowest BCUT2D eigenvalue weighted by atomic mass is 10.1. The fourth-order valence-electron chi connectivity index (χ4n) is 1.60. The van der Waals surface area contributed by atoms with E-state index in [1.165, 1.54) is 0 Å². The molecule has 0 N–H and O–H groups in total. The summed E-state index contributed by atoms with van der Waals surface area (Å²) in [5.74, 6) is 0.105. The molecule has 0 aromatic heterocycles. The average molecular weight is 290 g/mol. The molecule has 0 saturated carbocycles. The maximum absolute atomic E-state index is 11.3. The van der Waals surface area contributed by atoms with Crippen LogP contribution in [0.1, 0.15) is 26.2 Å². The van der Waals surface area contributed by atoms with Crippen LogP contribution in [-0.2, 0) is 22.8 Å². The van der Waals surface area contributed by atoms with Crippen LogP contribution in [0.15, 0.2) is 12.2 Å². The Kier molecular flexibility index (Phi) is 9.99. The van der Waals surface area contributed by atoms with Gasteiger partial charge in [0.1, 0.15) is 0 Å². The Morgan fingerprint density at radius 1 is 1.05 bits per heavy atom. The van der Waals surface area contributed by atoms with Crippen molar-refractivity contribution in [1.82, 2.24) is 0 Å². The number of carbonyl (C=O) groups is 1. The van der Waals surface area contributed by atoms with Gasteiger partial charge in [-0.3, -0.25) is 4.79 Å². The van der Waals surface area contributed by atoms with Gasteiger partial charge in [-0.25, -0.2) is 0 Å². The molecule has 0 atom stereocenters. The second kappa shape index (κ2) is 10.3. The van der Waals surface area contributed by atoms with Crippen LogP contribution in [-0.4, -0.2) is 49.1 Å². The molecule has 0 radical (unpaired) electrons. The molecular weight excluding hydrogens is 264 g/mol. The summed E-state index contributed by atoms with van der Waals surface area (Å²) < 4.78 is 21.4. The zero-order valence-electron chi connectivity index (χ0n) is 12.5. The van der Waals surface area contributed by atoms with Crippen LogP contribution in [0.5, 0.6) is 0 Å². The Balaban J connectivity index is 3.60. The van der Waals surface area contributed by atoms with Gasteiger partial charge in [0.25, 0.3) is 0 Å². The zero-order chi connectivity index (χ0) is 14.7. The monoisotopic (exact) mass is 290 g/mol. The van der Waals surface area contributed by atoms with E-state index in [4.69, 9.17) is 18.0 Å². The van der Waals surface area contributed by atoms with E-state index in [0.717, 1.165) is 18.9 Å². The van der Waals surface area contributed by atoms with Gasteiger partial charge in [0.05, 0.1) is 0 Å². The summed E-state index contributed by atoms with van der Waals surface area (Å²) in [4.78, 5) is 11.3. The molecule has 0 amide bonds. The van der Waals surface area contributed by atoms with Crippen molar-refractivity contribution in [3.8, 4) is 0 Å². The van der Waals surface area contributed by atoms with Crippen LogP contribution in [0.4, 0.5) is 0 Å². The maximum atomic E-state index is 11.3. The molecule has 6 heteroatoms. The predicted molar refractivity (Wildman–Crippen MR) is 76.1 cm³/mol. The van der Waals surface area contributed by atoms with Crippen LogP contribution >= 0.6 is 0 Å². The van der Waals surface area contributed by atoms with Gasteiger partial charge in [0.15, 0.2) is 5.78 Å². The lowest BCUT2D eigenvalue weighted by Gasteiger charge is -2.24. The number of allylic oxidation sites excluding steroid dienone is 1. The number of ketones is 1. The van der Waals surface area contributed by atoms with E-state index < -0.39 is 8.80 Å². The second-order valence-corrected chi connectivity index (χ2v) is 7.41. The summed E-state index contributed by atoms with van der Waals surface area (Å²) in [7, 11) is 2.34. The summed E-state index contributed by atoms with van der Waals surface area (Å²) in [5.41, 5.74) is 0.607. The Bertz CT molecular complexity index is 268. The van der Waals surface area contributed by atoms with Crippen molar-refractivity contribution >= 4 is 14.6 Å². The molecule has 0 unspecified atom stereocenters. The summed E-state index contributed by atoms with van der Waals surface area (Å²) in [6.45, 7) is 6.54. The van der Waals surface area contributed by atoms with Gasteiger partial charge in [0.2, 0.25) is 0 Å². The van der Waals surface area contributed by atoms with Crippen LogP contribution in [0.3, 0.4) is 0 Å². The number of hydrogen-bond donors (Lipinski definition) is 0. The van der Waals surface area contributed by atoms with Crippen LogP contribution in [0, 0.1) is 0 Å². The van der Waals surface area contributed by atoms with Crippen molar-refractivity contribution in [3.05, 3.63) is 12.2 Å². The summed E-state index contributed by atoms with van der Waals surface area (Å²) >= 11 is 0. The quantitative estimate of drug-likeness (QED) is 0.313. The number of ether oxygens (including phenoxy) is 1. The minimum atomic E-state index is -2.46. The molecule has 0 spiro atoms. The largest absolute Gasteiger partial charge is 0.500 e. The van der Waals surface area contributed by atoms with Gasteiger partial charge in [0, 0.05) is 47.0 Å². The van der Waals surface area contributed by atoms with Gasteiger partial charge >= 0.3 is 8.80 Å². The molecule has 0 fully saturated rings. The molecule has 0 aliphatic carbocycles. The summed E-state index contributed by atoms with van der Waals surface area (Å²) in [6.07, 6.45) is 2.05. The van der Waals surface area contributed by atoms with Gasteiger partial charge in [-0.15, -0.1) is 0 Å². The number of carbonyl (C=O) groups excluding carboxylic acids is 1. The minimum Gasteiger partial charge on any atom is -0.381 e. The molecule has 0 heterocycles. The van der Waals surface area contributed by atoms with Crippen molar-refractivity contribution in [1.29, 1.82) is 0 Å². The van der Waals surface area contributed by atoms with E-state index in [2.05, 4.69) is 6.58 Å². The third kappa shape index (κ3) is 7.59. The molecule has 112 valence electrons. The van der Waals surface area contributed by atoms with E-state index in [9.17, 15) is 4.79 Å². The third-order valence-electron chi connectivity index (χ3n) is 2.87. The van der Waals surface area contributed by atoms with E-state index in [1.54, 1.807) is 28.3 Å². The van der Waals surface area contributed by atoms with E-state index in [0.29, 0.717) is 25.2 Å². The average Bonchev–Trinajstić information content (AvgIpc) is 2.42. The van der Waals surface area contributed by atoms with Crippen molar-refractivity contribution in [3.63, 3.8) is 0 Å². The highest BCUT2D eigenvalue weighted by Crippen LogP contribution is 2.14. The first kappa shape index (κ1) is 18.5. The molecule has 5 nitrogen and oxygen atoms in total. The van der Waals surface area contributed by atoms with Crippen molar-refractivity contribution in [2.24, 2.45) is 0 Å². The van der Waals surface area contributed by atoms with Gasteiger partial charge in [-0.1, -0.05) is 6.58 Å². The zero-order valence-corrected chi connectivity index (χ0v) is 13.5. The van der Waals surface area contributed by atoms with Crippen molar-refractivity contribution in [2.45, 2.75) is 32.2 Å². The Morgan fingerprint density at radius 3 is 2.05 bits per heavy atom. The standard InChI is InChI=1S/C13H26O5Si/c1-12(2)13(14)8-6-9-18-10-7-11-19(15-3,16-4)17-5/h1,6-11H2,2-5H3. The predicted octanol–water partition coefficient (Wildman–Crippen LogP) is 2.20. The Morgan fingerprint density at radius 2 is 1.58 bits per heavy atom. The van der Waals surface area contributed by atoms with Gasteiger partial charge < -0.3 is 18.0 Å². The van der Waals surface area contributed by atoms with Crippen molar-refractivity contribution < 1.29 is 22.8 Å². The first-order valence-corrected chi connectivity index (χ1v) is 8.36. The first-order chi connectivity index (χ1) is 9.01. The lowest BCUT2D eigenvalue weighted by molar-refractivity contribution is -0.115. The lowest BCUT2D eigenvalue weighted by Crippen LogP contribution is -2.42. The smallest absolute Gasteiger partial charge is 0.381 e. The van der Waals surface area contributed by atoms with Crippen molar-refractivity contribution in [2.75, 3.05) is 34.5 Å². The van der Waals surface area contributed by atoms with Crippen LogP contribution in [0.25, 0.3) is 0 Å². The number of hydrogen-bond acceptors (Lipinski definition) is 5. The van der Waals surface area contributed by atoms with Gasteiger partial charge in [-0.05, 0) is 25.3 Å². The second-order valence-electron chi connectivity index (χ2n) is 4.32. The number of Topliss-reactive ketones (excluding diaryl/α,β-unsaturated/α-hetero) is 1. The molecule has 19 heavy (non-hydrogen) atoms. The molecule has 0 aromatic rings. The van der Waals surface area contributed by atoms with E-state index in [1.807, 2.05) is 0 Å². The highest BCUT2D eigenvalue weighted by Gasteiger charge is 2.36. The van der Waals surface area contributed by atoms with Crippen LogP contribution in [0.2, 0.25) is 6.04 Å². The summed E-state index contributed by atoms with van der Waals surface area (Å²) in [5, 5.41) is 0. The third-order valence-corrected chi connectivity index (χ3v) is 5.71. The molecule has 0 saturated heterocycles. The highest BCUT2D eigenvalue weighted by atomic mass is 28.4. The molecule has 0 rings (SSSR count). The molecule has 0 aliphatic heterocycles. The van der Waals surface area contributed by atoms with Crippen LogP contribution < -0.4 is 0 Å². The molecule has 0 aromatic carbocycles. The first-order valence-electron chi connectivity index (χ1n) is 6.43. The molecule has 0 bridgehead atoms. The fraction of sp³-hybridized carbons (Fsp3) is 0.769. The maximum Gasteiger partial charge on any atom is 0.500 e.